The van der Waals surface area contributed by atoms with Gasteiger partial charge in [0.2, 0.25) is 0 Å². The Morgan fingerprint density at radius 2 is 2.00 bits per heavy atom. The minimum atomic E-state index is -4.33. The van der Waals surface area contributed by atoms with Crippen LogP contribution in [0.5, 0.6) is 0 Å². The molecule has 1 aromatic carbocycles. The highest BCUT2D eigenvalue weighted by Crippen LogP contribution is 2.33. The number of anilines is 1. The molecule has 3 nitrogen and oxygen atoms in total. The Bertz CT molecular complexity index is 426. The minimum Gasteiger partial charge on any atom is -0.380 e. The average Bonchev–Trinajstić information content (AvgIpc) is 2.65. The standard InChI is InChI=1S/C13H17F3N2O/c14-13(15,16)11-2-3-12(10(8-11)9-17)18-4-1-6-19-7-5-18/h2-3,8H,1,4-7,9,17H2. The minimum absolute atomic E-state index is 0.0939. The lowest BCUT2D eigenvalue weighted by Crippen LogP contribution is -2.27. The fraction of sp³-hybridized carbons (Fsp3) is 0.538. The van der Waals surface area contributed by atoms with Crippen molar-refractivity contribution in [1.29, 1.82) is 0 Å². The summed E-state index contributed by atoms with van der Waals surface area (Å²) in [7, 11) is 0. The van der Waals surface area contributed by atoms with Gasteiger partial charge in [0.1, 0.15) is 0 Å². The van der Waals surface area contributed by atoms with E-state index in [1.807, 2.05) is 4.90 Å². The molecule has 19 heavy (non-hydrogen) atoms. The highest BCUT2D eigenvalue weighted by molar-refractivity contribution is 5.55. The van der Waals surface area contributed by atoms with Crippen molar-refractivity contribution in [3.8, 4) is 0 Å². The largest absolute Gasteiger partial charge is 0.416 e. The van der Waals surface area contributed by atoms with Crippen LogP contribution in [0.3, 0.4) is 0 Å². The number of nitrogens with zero attached hydrogens (tertiary/aromatic N) is 1. The van der Waals surface area contributed by atoms with E-state index in [0.29, 0.717) is 25.3 Å². The van der Waals surface area contributed by atoms with E-state index in [1.54, 1.807) is 0 Å². The first-order valence-electron chi connectivity index (χ1n) is 6.25. The zero-order chi connectivity index (χ0) is 13.9. The Balaban J connectivity index is 2.29. The second-order valence-corrected chi connectivity index (χ2v) is 4.50. The number of alkyl halides is 3. The second-order valence-electron chi connectivity index (χ2n) is 4.50. The summed E-state index contributed by atoms with van der Waals surface area (Å²) in [6.07, 6.45) is -3.46. The van der Waals surface area contributed by atoms with E-state index in [1.165, 1.54) is 6.07 Å². The van der Waals surface area contributed by atoms with Gasteiger partial charge in [-0.25, -0.2) is 0 Å². The molecule has 1 heterocycles. The molecule has 0 atom stereocenters. The first kappa shape index (κ1) is 14.1. The molecule has 2 N–H and O–H groups in total. The van der Waals surface area contributed by atoms with Gasteiger partial charge in [0, 0.05) is 31.9 Å². The normalized spacial score (nSPS) is 17.4. The van der Waals surface area contributed by atoms with Gasteiger partial charge in [-0.3, -0.25) is 0 Å². The molecule has 0 saturated carbocycles. The Morgan fingerprint density at radius 1 is 1.21 bits per heavy atom. The molecule has 0 aliphatic carbocycles. The second kappa shape index (κ2) is 5.79. The summed E-state index contributed by atoms with van der Waals surface area (Å²) >= 11 is 0. The van der Waals surface area contributed by atoms with Crippen molar-refractivity contribution in [2.24, 2.45) is 5.73 Å². The van der Waals surface area contributed by atoms with Gasteiger partial charge >= 0.3 is 6.18 Å². The van der Waals surface area contributed by atoms with Crippen LogP contribution in [0.4, 0.5) is 18.9 Å². The molecule has 1 aliphatic rings. The summed E-state index contributed by atoms with van der Waals surface area (Å²) in [6, 6.07) is 3.76. The summed E-state index contributed by atoms with van der Waals surface area (Å²) in [5.74, 6) is 0. The third-order valence-corrected chi connectivity index (χ3v) is 3.19. The number of hydrogen-bond acceptors (Lipinski definition) is 3. The Morgan fingerprint density at radius 3 is 2.68 bits per heavy atom. The molecule has 2 rings (SSSR count). The number of hydrogen-bond donors (Lipinski definition) is 1. The van der Waals surface area contributed by atoms with Crippen molar-refractivity contribution in [1.82, 2.24) is 0 Å². The zero-order valence-electron chi connectivity index (χ0n) is 10.5. The van der Waals surface area contributed by atoms with Crippen molar-refractivity contribution < 1.29 is 17.9 Å². The Kier molecular flexibility index (Phi) is 4.31. The van der Waals surface area contributed by atoms with Gasteiger partial charge in [-0.2, -0.15) is 13.2 Å². The van der Waals surface area contributed by atoms with Gasteiger partial charge in [-0.1, -0.05) is 0 Å². The van der Waals surface area contributed by atoms with Crippen LogP contribution in [0, 0.1) is 0 Å². The molecule has 0 radical (unpaired) electrons. The third kappa shape index (κ3) is 3.39. The quantitative estimate of drug-likeness (QED) is 0.900. The average molecular weight is 274 g/mol. The summed E-state index contributed by atoms with van der Waals surface area (Å²) in [6.45, 7) is 2.83. The summed E-state index contributed by atoms with van der Waals surface area (Å²) in [4.78, 5) is 2.04. The van der Waals surface area contributed by atoms with Gasteiger partial charge < -0.3 is 15.4 Å². The van der Waals surface area contributed by atoms with Gasteiger partial charge in [-0.05, 0) is 30.2 Å². The fourth-order valence-corrected chi connectivity index (χ4v) is 2.22. The van der Waals surface area contributed by atoms with Crippen molar-refractivity contribution in [2.75, 3.05) is 31.2 Å². The maximum atomic E-state index is 12.7. The fourth-order valence-electron chi connectivity index (χ4n) is 2.22. The van der Waals surface area contributed by atoms with Crippen molar-refractivity contribution in [3.63, 3.8) is 0 Å². The summed E-state index contributed by atoms with van der Waals surface area (Å²) in [5.41, 5.74) is 6.24. The molecule has 1 aliphatic heterocycles. The molecule has 0 spiro atoms. The van der Waals surface area contributed by atoms with Crippen LogP contribution in [-0.4, -0.2) is 26.3 Å². The van der Waals surface area contributed by atoms with Crippen molar-refractivity contribution in [3.05, 3.63) is 29.3 Å². The molecule has 6 heteroatoms. The van der Waals surface area contributed by atoms with Crippen LogP contribution in [0.2, 0.25) is 0 Å². The number of benzene rings is 1. The predicted molar refractivity (Wildman–Crippen MR) is 67.0 cm³/mol. The molecule has 0 unspecified atom stereocenters. The monoisotopic (exact) mass is 274 g/mol. The number of nitrogens with two attached hydrogens (primary N) is 1. The lowest BCUT2D eigenvalue weighted by Gasteiger charge is -2.25. The molecule has 1 fully saturated rings. The van der Waals surface area contributed by atoms with E-state index < -0.39 is 11.7 Å². The molecular formula is C13H17F3N2O. The summed E-state index contributed by atoms with van der Waals surface area (Å²) < 4.78 is 43.4. The van der Waals surface area contributed by atoms with Crippen LogP contribution in [0.15, 0.2) is 18.2 Å². The highest BCUT2D eigenvalue weighted by atomic mass is 19.4. The van der Waals surface area contributed by atoms with E-state index in [-0.39, 0.29) is 6.54 Å². The lowest BCUT2D eigenvalue weighted by atomic mass is 10.1. The Hall–Kier alpha value is -1.27. The van der Waals surface area contributed by atoms with E-state index in [9.17, 15) is 13.2 Å². The molecular weight excluding hydrogens is 257 g/mol. The topological polar surface area (TPSA) is 38.5 Å². The van der Waals surface area contributed by atoms with Gasteiger partial charge in [0.05, 0.1) is 12.2 Å². The van der Waals surface area contributed by atoms with Crippen molar-refractivity contribution >= 4 is 5.69 Å². The number of ether oxygens (including phenoxy) is 1. The zero-order valence-corrected chi connectivity index (χ0v) is 10.5. The molecule has 106 valence electrons. The highest BCUT2D eigenvalue weighted by Gasteiger charge is 2.31. The Labute approximate surface area is 110 Å². The maximum absolute atomic E-state index is 12.7. The van der Waals surface area contributed by atoms with Gasteiger partial charge in [0.15, 0.2) is 0 Å². The van der Waals surface area contributed by atoms with E-state index in [0.717, 1.165) is 30.8 Å². The van der Waals surface area contributed by atoms with Crippen LogP contribution < -0.4 is 10.6 Å². The van der Waals surface area contributed by atoms with Crippen LogP contribution in [0.25, 0.3) is 0 Å². The third-order valence-electron chi connectivity index (χ3n) is 3.19. The number of rotatable bonds is 2. The first-order chi connectivity index (χ1) is 9.02. The maximum Gasteiger partial charge on any atom is 0.416 e. The molecule has 1 saturated heterocycles. The van der Waals surface area contributed by atoms with E-state index in [4.69, 9.17) is 10.5 Å². The van der Waals surface area contributed by atoms with E-state index >= 15 is 0 Å². The SMILES string of the molecule is NCc1cc(C(F)(F)F)ccc1N1CCCOCC1. The van der Waals surface area contributed by atoms with Gasteiger partial charge in [0.25, 0.3) is 0 Å². The number of halogens is 3. The molecule has 0 amide bonds. The van der Waals surface area contributed by atoms with Crippen LogP contribution >= 0.6 is 0 Å². The predicted octanol–water partition coefficient (Wildman–Crippen LogP) is 2.39. The van der Waals surface area contributed by atoms with Gasteiger partial charge in [-0.15, -0.1) is 0 Å². The van der Waals surface area contributed by atoms with Crippen LogP contribution in [-0.2, 0) is 17.5 Å². The van der Waals surface area contributed by atoms with E-state index in [2.05, 4.69) is 0 Å². The molecule has 0 bridgehead atoms. The van der Waals surface area contributed by atoms with Crippen molar-refractivity contribution in [2.45, 2.75) is 19.1 Å². The van der Waals surface area contributed by atoms with Crippen LogP contribution in [0.1, 0.15) is 17.5 Å². The summed E-state index contributed by atoms with van der Waals surface area (Å²) in [5, 5.41) is 0. The molecule has 1 aromatic rings. The first-order valence-corrected chi connectivity index (χ1v) is 6.25. The smallest absolute Gasteiger partial charge is 0.380 e. The lowest BCUT2D eigenvalue weighted by molar-refractivity contribution is -0.137. The molecule has 0 aromatic heterocycles.